The summed E-state index contributed by atoms with van der Waals surface area (Å²) in [6.07, 6.45) is 1.80. The Balaban J connectivity index is 2.15. The topological polar surface area (TPSA) is 66.8 Å². The van der Waals surface area contributed by atoms with Gasteiger partial charge in [0.25, 0.3) is 0 Å². The SMILES string of the molecule is CC1CCN(S(=O)(=O)c2ccc(OCCO)cc2)C(C)C1. The second-order valence-electron chi connectivity index (χ2n) is 5.64. The number of aliphatic hydroxyl groups excluding tert-OH is 1. The van der Waals surface area contributed by atoms with Crippen LogP contribution in [0.25, 0.3) is 0 Å². The summed E-state index contributed by atoms with van der Waals surface area (Å²) in [5, 5.41) is 8.70. The predicted octanol–water partition coefficient (Wildman–Crippen LogP) is 1.87. The van der Waals surface area contributed by atoms with Crippen LogP contribution in [0, 0.1) is 5.92 Å². The van der Waals surface area contributed by atoms with E-state index in [2.05, 4.69) is 6.92 Å². The van der Waals surface area contributed by atoms with Crippen LogP contribution in [0.1, 0.15) is 26.7 Å². The van der Waals surface area contributed by atoms with E-state index in [9.17, 15) is 8.42 Å². The fourth-order valence-electron chi connectivity index (χ4n) is 2.75. The molecule has 21 heavy (non-hydrogen) atoms. The summed E-state index contributed by atoms with van der Waals surface area (Å²) in [4.78, 5) is 0.292. The van der Waals surface area contributed by atoms with Crippen LogP contribution in [0.3, 0.4) is 0 Å². The Bertz CT molecular complexity index is 556. The molecule has 2 atom stereocenters. The molecule has 0 bridgehead atoms. The molecule has 1 N–H and O–H groups in total. The number of hydrogen-bond acceptors (Lipinski definition) is 4. The third-order valence-corrected chi connectivity index (χ3v) is 5.90. The first-order valence-electron chi connectivity index (χ1n) is 7.30. The molecule has 0 spiro atoms. The zero-order chi connectivity index (χ0) is 15.5. The highest BCUT2D eigenvalue weighted by molar-refractivity contribution is 7.89. The lowest BCUT2D eigenvalue weighted by Gasteiger charge is -2.35. The molecule has 1 saturated heterocycles. The maximum absolute atomic E-state index is 12.7. The molecule has 1 aliphatic heterocycles. The van der Waals surface area contributed by atoms with Crippen LogP contribution >= 0.6 is 0 Å². The van der Waals surface area contributed by atoms with Crippen molar-refractivity contribution in [2.24, 2.45) is 5.92 Å². The van der Waals surface area contributed by atoms with Gasteiger partial charge in [0.1, 0.15) is 12.4 Å². The molecule has 1 aromatic carbocycles. The summed E-state index contributed by atoms with van der Waals surface area (Å²) in [6.45, 7) is 4.84. The second kappa shape index (κ2) is 6.77. The number of rotatable bonds is 5. The minimum Gasteiger partial charge on any atom is -0.491 e. The van der Waals surface area contributed by atoms with E-state index in [-0.39, 0.29) is 19.3 Å². The highest BCUT2D eigenvalue weighted by atomic mass is 32.2. The molecule has 0 amide bonds. The lowest BCUT2D eigenvalue weighted by molar-refractivity contribution is 0.201. The van der Waals surface area contributed by atoms with Crippen molar-refractivity contribution in [3.63, 3.8) is 0 Å². The standard InChI is InChI=1S/C15H23NO4S/c1-12-7-8-16(13(2)11-12)21(18,19)15-5-3-14(4-6-15)20-10-9-17/h3-6,12-13,17H,7-11H2,1-2H3. The Morgan fingerprint density at radius 2 is 1.95 bits per heavy atom. The van der Waals surface area contributed by atoms with Crippen molar-refractivity contribution in [1.82, 2.24) is 4.31 Å². The summed E-state index contributed by atoms with van der Waals surface area (Å²) < 4.78 is 32.2. The molecule has 1 aromatic rings. The van der Waals surface area contributed by atoms with E-state index in [1.54, 1.807) is 28.6 Å². The third kappa shape index (κ3) is 3.75. The molecule has 2 rings (SSSR count). The van der Waals surface area contributed by atoms with Crippen LogP contribution in [0.4, 0.5) is 0 Å². The lowest BCUT2D eigenvalue weighted by Crippen LogP contribution is -2.44. The Hall–Kier alpha value is -1.11. The van der Waals surface area contributed by atoms with Gasteiger partial charge in [-0.1, -0.05) is 6.92 Å². The molecular formula is C15H23NO4S. The second-order valence-corrected chi connectivity index (χ2v) is 7.53. The fraction of sp³-hybridized carbons (Fsp3) is 0.600. The average molecular weight is 313 g/mol. The minimum atomic E-state index is -3.44. The van der Waals surface area contributed by atoms with E-state index in [0.29, 0.717) is 23.1 Å². The van der Waals surface area contributed by atoms with Crippen molar-refractivity contribution in [2.45, 2.75) is 37.6 Å². The van der Waals surface area contributed by atoms with Crippen molar-refractivity contribution >= 4 is 10.0 Å². The molecule has 118 valence electrons. The maximum atomic E-state index is 12.7. The van der Waals surface area contributed by atoms with E-state index < -0.39 is 10.0 Å². The highest BCUT2D eigenvalue weighted by Crippen LogP contribution is 2.28. The molecule has 5 nitrogen and oxygen atoms in total. The Morgan fingerprint density at radius 1 is 1.29 bits per heavy atom. The van der Waals surface area contributed by atoms with Crippen LogP contribution in [0.5, 0.6) is 5.75 Å². The van der Waals surface area contributed by atoms with Crippen molar-refractivity contribution in [3.8, 4) is 5.75 Å². The molecular weight excluding hydrogens is 290 g/mol. The third-order valence-electron chi connectivity index (χ3n) is 3.87. The smallest absolute Gasteiger partial charge is 0.243 e. The van der Waals surface area contributed by atoms with Gasteiger partial charge in [-0.05, 0) is 49.9 Å². The van der Waals surface area contributed by atoms with Gasteiger partial charge in [-0.15, -0.1) is 0 Å². The predicted molar refractivity (Wildman–Crippen MR) is 80.8 cm³/mol. The number of benzene rings is 1. The van der Waals surface area contributed by atoms with Gasteiger partial charge in [0, 0.05) is 12.6 Å². The summed E-state index contributed by atoms with van der Waals surface area (Å²) >= 11 is 0. The summed E-state index contributed by atoms with van der Waals surface area (Å²) in [7, 11) is -3.44. The number of piperidine rings is 1. The summed E-state index contributed by atoms with van der Waals surface area (Å²) in [5.41, 5.74) is 0. The van der Waals surface area contributed by atoms with Gasteiger partial charge in [0.05, 0.1) is 11.5 Å². The lowest BCUT2D eigenvalue weighted by atomic mass is 9.95. The van der Waals surface area contributed by atoms with Crippen molar-refractivity contribution < 1.29 is 18.3 Å². The van der Waals surface area contributed by atoms with Gasteiger partial charge in [-0.3, -0.25) is 0 Å². The van der Waals surface area contributed by atoms with Crippen LogP contribution in [0.2, 0.25) is 0 Å². The Kier molecular flexibility index (Phi) is 5.24. The molecule has 0 aliphatic carbocycles. The van der Waals surface area contributed by atoms with Crippen molar-refractivity contribution in [1.29, 1.82) is 0 Å². The van der Waals surface area contributed by atoms with Gasteiger partial charge in [-0.2, -0.15) is 4.31 Å². The van der Waals surface area contributed by atoms with Gasteiger partial charge in [0.15, 0.2) is 0 Å². The van der Waals surface area contributed by atoms with E-state index in [0.717, 1.165) is 12.8 Å². The van der Waals surface area contributed by atoms with Crippen LogP contribution in [0.15, 0.2) is 29.2 Å². The number of sulfonamides is 1. The summed E-state index contributed by atoms with van der Waals surface area (Å²) in [6, 6.07) is 6.41. The van der Waals surface area contributed by atoms with Crippen molar-refractivity contribution in [2.75, 3.05) is 19.8 Å². The molecule has 1 heterocycles. The average Bonchev–Trinajstić information content (AvgIpc) is 2.45. The first-order chi connectivity index (χ1) is 9.95. The molecule has 1 fully saturated rings. The fourth-order valence-corrected chi connectivity index (χ4v) is 4.41. The molecule has 2 unspecified atom stereocenters. The number of nitrogens with zero attached hydrogens (tertiary/aromatic N) is 1. The van der Waals surface area contributed by atoms with Crippen LogP contribution in [-0.4, -0.2) is 43.6 Å². The molecule has 0 aromatic heterocycles. The summed E-state index contributed by atoms with van der Waals surface area (Å²) in [5.74, 6) is 1.13. The minimum absolute atomic E-state index is 0.0315. The first-order valence-corrected chi connectivity index (χ1v) is 8.74. The van der Waals surface area contributed by atoms with Gasteiger partial charge >= 0.3 is 0 Å². The van der Waals surface area contributed by atoms with Gasteiger partial charge in [-0.25, -0.2) is 8.42 Å². The van der Waals surface area contributed by atoms with Gasteiger partial charge < -0.3 is 9.84 Å². The molecule has 0 saturated carbocycles. The Morgan fingerprint density at radius 3 is 2.52 bits per heavy atom. The quantitative estimate of drug-likeness (QED) is 0.901. The zero-order valence-electron chi connectivity index (χ0n) is 12.5. The van der Waals surface area contributed by atoms with Crippen LogP contribution < -0.4 is 4.74 Å². The zero-order valence-corrected chi connectivity index (χ0v) is 13.3. The van der Waals surface area contributed by atoms with E-state index in [4.69, 9.17) is 9.84 Å². The normalized spacial score (nSPS) is 24.0. The van der Waals surface area contributed by atoms with E-state index in [1.165, 1.54) is 0 Å². The van der Waals surface area contributed by atoms with Crippen LogP contribution in [-0.2, 0) is 10.0 Å². The maximum Gasteiger partial charge on any atom is 0.243 e. The first kappa shape index (κ1) is 16.3. The molecule has 6 heteroatoms. The van der Waals surface area contributed by atoms with E-state index >= 15 is 0 Å². The molecule has 0 radical (unpaired) electrons. The highest BCUT2D eigenvalue weighted by Gasteiger charge is 2.33. The van der Waals surface area contributed by atoms with Crippen molar-refractivity contribution in [3.05, 3.63) is 24.3 Å². The number of aliphatic hydroxyl groups is 1. The van der Waals surface area contributed by atoms with Gasteiger partial charge in [0.2, 0.25) is 10.0 Å². The van der Waals surface area contributed by atoms with E-state index in [1.807, 2.05) is 6.92 Å². The number of ether oxygens (including phenoxy) is 1. The largest absolute Gasteiger partial charge is 0.491 e. The molecule has 1 aliphatic rings. The number of hydrogen-bond donors (Lipinski definition) is 1. The monoisotopic (exact) mass is 313 g/mol. The Labute approximate surface area is 126 Å².